The lowest BCUT2D eigenvalue weighted by Crippen LogP contribution is -2.37. The van der Waals surface area contributed by atoms with Gasteiger partial charge in [-0.3, -0.25) is 0 Å². The third-order valence-corrected chi connectivity index (χ3v) is 5.37. The lowest BCUT2D eigenvalue weighted by Gasteiger charge is -2.29. The first kappa shape index (κ1) is 15.0. The molecule has 1 fully saturated rings. The highest BCUT2D eigenvalue weighted by Gasteiger charge is 2.18. The van der Waals surface area contributed by atoms with Crippen molar-refractivity contribution in [3.63, 3.8) is 0 Å². The van der Waals surface area contributed by atoms with E-state index in [9.17, 15) is 0 Å². The molecule has 1 atom stereocenters. The number of nitrogens with one attached hydrogen (secondary N) is 1. The van der Waals surface area contributed by atoms with Crippen molar-refractivity contribution in [3.05, 3.63) is 21.9 Å². The topological polar surface area (TPSA) is 15.3 Å². The van der Waals surface area contributed by atoms with Gasteiger partial charge < -0.3 is 10.2 Å². The van der Waals surface area contributed by atoms with Gasteiger partial charge in [0.05, 0.1) is 0 Å². The van der Waals surface area contributed by atoms with Crippen molar-refractivity contribution >= 4 is 11.3 Å². The van der Waals surface area contributed by atoms with Gasteiger partial charge in [0.25, 0.3) is 0 Å². The second kappa shape index (κ2) is 6.38. The lowest BCUT2D eigenvalue weighted by atomic mass is 9.95. The van der Waals surface area contributed by atoms with Crippen LogP contribution >= 0.6 is 11.3 Å². The molecule has 1 aliphatic heterocycles. The molecule has 0 aliphatic carbocycles. The number of hydrogen-bond donors (Lipinski definition) is 1. The Balaban J connectivity index is 1.75. The third-order valence-electron chi connectivity index (χ3n) is 3.86. The van der Waals surface area contributed by atoms with Gasteiger partial charge in [-0.2, -0.15) is 0 Å². The van der Waals surface area contributed by atoms with Crippen molar-refractivity contribution in [1.82, 2.24) is 10.2 Å². The molecule has 0 aromatic carbocycles. The van der Waals surface area contributed by atoms with Crippen LogP contribution in [0, 0.1) is 5.92 Å². The van der Waals surface area contributed by atoms with Crippen LogP contribution in [0.25, 0.3) is 0 Å². The van der Waals surface area contributed by atoms with Crippen molar-refractivity contribution in [1.29, 1.82) is 0 Å². The van der Waals surface area contributed by atoms with Gasteiger partial charge in [-0.15, -0.1) is 11.3 Å². The first-order chi connectivity index (χ1) is 8.95. The molecule has 0 radical (unpaired) electrons. The van der Waals surface area contributed by atoms with E-state index in [1.54, 1.807) is 0 Å². The summed E-state index contributed by atoms with van der Waals surface area (Å²) in [6, 6.07) is 4.57. The average molecular weight is 280 g/mol. The van der Waals surface area contributed by atoms with Gasteiger partial charge in [-0.05, 0) is 56.4 Å². The zero-order valence-electron chi connectivity index (χ0n) is 12.8. The van der Waals surface area contributed by atoms with E-state index in [1.807, 2.05) is 11.3 Å². The Labute approximate surface area is 122 Å². The number of piperidine rings is 1. The summed E-state index contributed by atoms with van der Waals surface area (Å²) in [5.41, 5.74) is 0.287. The van der Waals surface area contributed by atoms with Crippen LogP contribution < -0.4 is 5.32 Å². The van der Waals surface area contributed by atoms with Crippen LogP contribution in [0.15, 0.2) is 12.1 Å². The molecule has 1 aromatic rings. The summed E-state index contributed by atoms with van der Waals surface area (Å²) < 4.78 is 0. The first-order valence-electron chi connectivity index (χ1n) is 7.43. The zero-order valence-corrected chi connectivity index (χ0v) is 13.6. The van der Waals surface area contributed by atoms with Gasteiger partial charge in [0.15, 0.2) is 0 Å². The average Bonchev–Trinajstić information content (AvgIpc) is 2.77. The smallest absolute Gasteiger partial charge is 0.0299 e. The Kier molecular flexibility index (Phi) is 5.04. The Bertz CT molecular complexity index is 392. The van der Waals surface area contributed by atoms with Crippen LogP contribution in [0.5, 0.6) is 0 Å². The molecule has 2 heterocycles. The van der Waals surface area contributed by atoms with Gasteiger partial charge >= 0.3 is 0 Å². The van der Waals surface area contributed by atoms with Gasteiger partial charge in [0.1, 0.15) is 0 Å². The zero-order chi connectivity index (χ0) is 13.9. The van der Waals surface area contributed by atoms with E-state index in [0.717, 1.165) is 19.0 Å². The lowest BCUT2D eigenvalue weighted by molar-refractivity contribution is 0.206. The van der Waals surface area contributed by atoms with Crippen molar-refractivity contribution < 1.29 is 0 Å². The summed E-state index contributed by atoms with van der Waals surface area (Å²) in [5.74, 6) is 0.834. The molecular formula is C16H28N2S. The van der Waals surface area contributed by atoms with E-state index < -0.39 is 0 Å². The van der Waals surface area contributed by atoms with Crippen LogP contribution in [0.4, 0.5) is 0 Å². The van der Waals surface area contributed by atoms with Gasteiger partial charge in [0, 0.05) is 22.8 Å². The SMILES string of the molecule is CN1CCCC(CNCc2ccc(C(C)(C)C)s2)C1. The molecule has 1 unspecified atom stereocenters. The van der Waals surface area contributed by atoms with Gasteiger partial charge in [-0.1, -0.05) is 20.8 Å². The number of likely N-dealkylation sites (tertiary alicyclic amines) is 1. The highest BCUT2D eigenvalue weighted by atomic mass is 32.1. The molecule has 0 bridgehead atoms. The second-order valence-corrected chi connectivity index (χ2v) is 8.09. The summed E-state index contributed by atoms with van der Waals surface area (Å²) in [7, 11) is 2.24. The van der Waals surface area contributed by atoms with Crippen LogP contribution in [0.2, 0.25) is 0 Å². The molecule has 1 N–H and O–H groups in total. The minimum atomic E-state index is 0.287. The Morgan fingerprint density at radius 1 is 1.37 bits per heavy atom. The van der Waals surface area contributed by atoms with E-state index in [2.05, 4.69) is 50.2 Å². The van der Waals surface area contributed by atoms with E-state index in [-0.39, 0.29) is 5.41 Å². The van der Waals surface area contributed by atoms with Crippen LogP contribution in [0.3, 0.4) is 0 Å². The molecule has 1 aromatic heterocycles. The Morgan fingerprint density at radius 2 is 2.16 bits per heavy atom. The standard InChI is InChI=1S/C16H28N2S/c1-16(2,3)15-8-7-14(19-15)11-17-10-13-6-5-9-18(4)12-13/h7-8,13,17H,5-6,9-12H2,1-4H3. The Morgan fingerprint density at radius 3 is 2.79 bits per heavy atom. The second-order valence-electron chi connectivity index (χ2n) is 6.92. The largest absolute Gasteiger partial charge is 0.312 e. The number of hydrogen-bond acceptors (Lipinski definition) is 3. The molecule has 1 aliphatic rings. The highest BCUT2D eigenvalue weighted by Crippen LogP contribution is 2.29. The van der Waals surface area contributed by atoms with Crippen molar-refractivity contribution in [2.75, 3.05) is 26.7 Å². The normalized spacial score (nSPS) is 21.8. The number of nitrogens with zero attached hydrogens (tertiary/aromatic N) is 1. The maximum atomic E-state index is 3.64. The van der Waals surface area contributed by atoms with E-state index in [4.69, 9.17) is 0 Å². The molecule has 2 rings (SSSR count). The minimum absolute atomic E-state index is 0.287. The van der Waals surface area contributed by atoms with Gasteiger partial charge in [0.2, 0.25) is 0 Å². The molecule has 1 saturated heterocycles. The maximum Gasteiger partial charge on any atom is 0.0299 e. The first-order valence-corrected chi connectivity index (χ1v) is 8.25. The quantitative estimate of drug-likeness (QED) is 0.908. The molecule has 0 saturated carbocycles. The van der Waals surface area contributed by atoms with E-state index in [1.165, 1.54) is 35.7 Å². The summed E-state index contributed by atoms with van der Waals surface area (Å²) in [4.78, 5) is 5.41. The highest BCUT2D eigenvalue weighted by molar-refractivity contribution is 7.12. The van der Waals surface area contributed by atoms with E-state index >= 15 is 0 Å². The summed E-state index contributed by atoms with van der Waals surface area (Å²) in [6.45, 7) is 11.6. The number of thiophene rings is 1. The summed E-state index contributed by atoms with van der Waals surface area (Å²) in [5, 5.41) is 3.64. The fourth-order valence-corrected chi connectivity index (χ4v) is 3.75. The molecule has 19 heavy (non-hydrogen) atoms. The minimum Gasteiger partial charge on any atom is -0.312 e. The van der Waals surface area contributed by atoms with Crippen molar-refractivity contribution in [2.45, 2.75) is 45.6 Å². The predicted octanol–water partition coefficient (Wildman–Crippen LogP) is 3.48. The summed E-state index contributed by atoms with van der Waals surface area (Å²) in [6.07, 6.45) is 2.74. The fourth-order valence-electron chi connectivity index (χ4n) is 2.72. The monoisotopic (exact) mass is 280 g/mol. The summed E-state index contributed by atoms with van der Waals surface area (Å²) >= 11 is 1.95. The van der Waals surface area contributed by atoms with Crippen molar-refractivity contribution in [3.8, 4) is 0 Å². The molecule has 0 spiro atoms. The van der Waals surface area contributed by atoms with Gasteiger partial charge in [-0.25, -0.2) is 0 Å². The molecule has 0 amide bonds. The van der Waals surface area contributed by atoms with Crippen molar-refractivity contribution in [2.24, 2.45) is 5.92 Å². The Hall–Kier alpha value is -0.380. The molecule has 3 heteroatoms. The predicted molar refractivity (Wildman–Crippen MR) is 84.9 cm³/mol. The third kappa shape index (κ3) is 4.59. The van der Waals surface area contributed by atoms with E-state index in [0.29, 0.717) is 0 Å². The van der Waals surface area contributed by atoms with Crippen LogP contribution in [-0.2, 0) is 12.0 Å². The molecule has 108 valence electrons. The number of rotatable bonds is 4. The fraction of sp³-hybridized carbons (Fsp3) is 0.750. The molecule has 2 nitrogen and oxygen atoms in total. The maximum absolute atomic E-state index is 3.64. The molecular weight excluding hydrogens is 252 g/mol. The van der Waals surface area contributed by atoms with Crippen LogP contribution in [0.1, 0.15) is 43.4 Å². The van der Waals surface area contributed by atoms with Crippen LogP contribution in [-0.4, -0.2) is 31.6 Å².